The highest BCUT2D eigenvalue weighted by Gasteiger charge is 2.18. The Morgan fingerprint density at radius 3 is 1.73 bits per heavy atom. The Morgan fingerprint density at radius 2 is 1.12 bits per heavy atom. The van der Waals surface area contributed by atoms with Crippen molar-refractivity contribution < 1.29 is 15.0 Å². The number of rotatable bonds is 18. The van der Waals surface area contributed by atoms with Gasteiger partial charge < -0.3 is 20.4 Å². The molecule has 0 radical (unpaired) electrons. The van der Waals surface area contributed by atoms with Crippen LogP contribution in [-0.4, -0.2) is 41.2 Å². The molecule has 52 heavy (non-hydrogen) atoms. The molecule has 0 saturated carbocycles. The van der Waals surface area contributed by atoms with Crippen LogP contribution in [0.4, 0.5) is 11.4 Å². The Hall–Kier alpha value is -5.53. The summed E-state index contributed by atoms with van der Waals surface area (Å²) in [6.45, 7) is 3.04. The van der Waals surface area contributed by atoms with Crippen molar-refractivity contribution >= 4 is 17.8 Å². The van der Waals surface area contributed by atoms with E-state index in [1.54, 1.807) is 0 Å². The lowest BCUT2D eigenvalue weighted by molar-refractivity contribution is -0.105. The van der Waals surface area contributed by atoms with E-state index in [9.17, 15) is 15.0 Å². The normalized spacial score (nSPS) is 12.3. The number of carbonyl (C=O) groups excluding carboxylic acids is 1. The fourth-order valence-electron chi connectivity index (χ4n) is 6.61. The molecule has 6 aromatic rings. The van der Waals surface area contributed by atoms with Gasteiger partial charge in [0.2, 0.25) is 6.41 Å². The van der Waals surface area contributed by atoms with Crippen molar-refractivity contribution in [1.29, 1.82) is 0 Å². The Bertz CT molecular complexity index is 1940. The second-order valence-corrected chi connectivity index (χ2v) is 13.3. The van der Waals surface area contributed by atoms with Crippen LogP contribution in [0.15, 0.2) is 164 Å². The summed E-state index contributed by atoms with van der Waals surface area (Å²) in [5, 5.41) is 25.5. The predicted molar refractivity (Wildman–Crippen MR) is 211 cm³/mol. The van der Waals surface area contributed by atoms with Crippen LogP contribution in [-0.2, 0) is 30.7 Å². The van der Waals surface area contributed by atoms with Gasteiger partial charge in [-0.1, -0.05) is 146 Å². The van der Waals surface area contributed by atoms with E-state index in [1.807, 2.05) is 103 Å². The molecule has 1 amide bonds. The van der Waals surface area contributed by atoms with Gasteiger partial charge in [-0.15, -0.1) is 0 Å². The molecule has 0 aromatic heterocycles. The van der Waals surface area contributed by atoms with Gasteiger partial charge in [0.15, 0.2) is 0 Å². The molecule has 0 fully saturated rings. The number of carbonyl (C=O) groups is 1. The van der Waals surface area contributed by atoms with E-state index in [0.717, 1.165) is 40.9 Å². The van der Waals surface area contributed by atoms with E-state index >= 15 is 0 Å². The summed E-state index contributed by atoms with van der Waals surface area (Å²) in [6.07, 6.45) is 0.821. The maximum absolute atomic E-state index is 11.5. The number of nitrogens with one attached hydrogen (secondary N) is 1. The first kappa shape index (κ1) is 36.3. The number of anilines is 2. The topological polar surface area (TPSA) is 76.0 Å². The fraction of sp³-hybridized carbons (Fsp3) is 0.196. The Kier molecular flexibility index (Phi) is 13.0. The molecule has 6 nitrogen and oxygen atoms in total. The number of nitrogens with zero attached hydrogens (tertiary/aromatic N) is 2. The molecule has 0 heterocycles. The summed E-state index contributed by atoms with van der Waals surface area (Å²) in [4.78, 5) is 16.0. The highest BCUT2D eigenvalue weighted by Crippen LogP contribution is 2.27. The summed E-state index contributed by atoms with van der Waals surface area (Å²) in [7, 11) is 0. The third-order valence-electron chi connectivity index (χ3n) is 9.46. The molecular formula is C46H47N3O3. The smallest absolute Gasteiger partial charge is 0.211 e. The van der Waals surface area contributed by atoms with E-state index in [1.165, 1.54) is 16.7 Å². The van der Waals surface area contributed by atoms with Gasteiger partial charge >= 0.3 is 0 Å². The van der Waals surface area contributed by atoms with Crippen LogP contribution in [0.2, 0.25) is 0 Å². The third-order valence-corrected chi connectivity index (χ3v) is 9.46. The van der Waals surface area contributed by atoms with Crippen LogP contribution in [0.1, 0.15) is 51.2 Å². The fourth-order valence-corrected chi connectivity index (χ4v) is 6.61. The standard InChI is InChI=1S/C46H47N3O3/c50-35-47-44-30-42(24-23-41(44)29-37-13-5-1-6-14-37)45(51)33-48(31-38-15-7-2-8-16-38)28-27-36-21-25-43(26-22-36)49(32-39-17-9-3-10-18-39)34-46(52)40-19-11-4-12-20-40/h1-26,30,35,45-46,51-52H,27-29,31-34H2,(H,47,50). The summed E-state index contributed by atoms with van der Waals surface area (Å²) in [5.41, 5.74) is 9.13. The minimum Gasteiger partial charge on any atom is -0.387 e. The maximum Gasteiger partial charge on any atom is 0.211 e. The van der Waals surface area contributed by atoms with Crippen LogP contribution in [0.25, 0.3) is 0 Å². The molecule has 6 aromatic carbocycles. The molecule has 0 aliphatic heterocycles. The van der Waals surface area contributed by atoms with Crippen molar-refractivity contribution in [3.8, 4) is 0 Å². The van der Waals surface area contributed by atoms with E-state index in [-0.39, 0.29) is 0 Å². The first-order valence-electron chi connectivity index (χ1n) is 18.0. The van der Waals surface area contributed by atoms with Crippen molar-refractivity contribution in [1.82, 2.24) is 4.90 Å². The van der Waals surface area contributed by atoms with Crippen molar-refractivity contribution in [2.75, 3.05) is 29.9 Å². The molecule has 6 rings (SSSR count). The van der Waals surface area contributed by atoms with Crippen molar-refractivity contribution in [3.63, 3.8) is 0 Å². The molecule has 0 bridgehead atoms. The molecular weight excluding hydrogens is 643 g/mol. The average Bonchev–Trinajstić information content (AvgIpc) is 3.19. The van der Waals surface area contributed by atoms with Crippen LogP contribution in [0, 0.1) is 0 Å². The summed E-state index contributed by atoms with van der Waals surface area (Å²) < 4.78 is 0. The van der Waals surface area contributed by atoms with E-state index in [2.05, 4.69) is 75.8 Å². The molecule has 2 atom stereocenters. The second-order valence-electron chi connectivity index (χ2n) is 13.3. The van der Waals surface area contributed by atoms with Crippen molar-refractivity contribution in [2.24, 2.45) is 0 Å². The van der Waals surface area contributed by atoms with Crippen LogP contribution in [0.5, 0.6) is 0 Å². The van der Waals surface area contributed by atoms with Gasteiger partial charge in [0.05, 0.1) is 12.2 Å². The lowest BCUT2D eigenvalue weighted by atomic mass is 9.99. The van der Waals surface area contributed by atoms with Crippen molar-refractivity contribution in [3.05, 3.63) is 203 Å². The molecule has 6 heteroatoms. The summed E-state index contributed by atoms with van der Waals surface area (Å²) >= 11 is 0. The minimum atomic E-state index is -0.744. The summed E-state index contributed by atoms with van der Waals surface area (Å²) in [5.74, 6) is 0. The van der Waals surface area contributed by atoms with Crippen LogP contribution >= 0.6 is 0 Å². The van der Waals surface area contributed by atoms with E-state index in [4.69, 9.17) is 0 Å². The van der Waals surface area contributed by atoms with Gasteiger partial charge in [-0.3, -0.25) is 9.69 Å². The molecule has 2 unspecified atom stereocenters. The van der Waals surface area contributed by atoms with Gasteiger partial charge in [0.1, 0.15) is 0 Å². The number of hydrogen-bond acceptors (Lipinski definition) is 5. The van der Waals surface area contributed by atoms with Gasteiger partial charge in [0, 0.05) is 44.1 Å². The van der Waals surface area contributed by atoms with Gasteiger partial charge in [0.25, 0.3) is 0 Å². The maximum atomic E-state index is 11.5. The monoisotopic (exact) mass is 689 g/mol. The summed E-state index contributed by atoms with van der Waals surface area (Å²) in [6, 6.07) is 55.1. The van der Waals surface area contributed by atoms with E-state index in [0.29, 0.717) is 44.7 Å². The average molecular weight is 690 g/mol. The van der Waals surface area contributed by atoms with Crippen LogP contribution < -0.4 is 10.2 Å². The Balaban J connectivity index is 1.15. The second kappa shape index (κ2) is 18.6. The Labute approximate surface area is 307 Å². The largest absolute Gasteiger partial charge is 0.387 e. The zero-order chi connectivity index (χ0) is 36.0. The van der Waals surface area contributed by atoms with E-state index < -0.39 is 12.2 Å². The first-order valence-corrected chi connectivity index (χ1v) is 18.0. The lowest BCUT2D eigenvalue weighted by Crippen LogP contribution is -2.30. The molecule has 264 valence electrons. The highest BCUT2D eigenvalue weighted by atomic mass is 16.3. The SMILES string of the molecule is O=CNc1cc(C(O)CN(CCc2ccc(N(Cc3ccccc3)CC(O)c3ccccc3)cc2)Cc2ccccc2)ccc1Cc1ccccc1. The number of amides is 1. The number of aliphatic hydroxyl groups is 2. The van der Waals surface area contributed by atoms with Crippen LogP contribution in [0.3, 0.4) is 0 Å². The molecule has 0 aliphatic carbocycles. The van der Waals surface area contributed by atoms with Gasteiger partial charge in [-0.25, -0.2) is 0 Å². The van der Waals surface area contributed by atoms with Gasteiger partial charge in [-0.05, 0) is 70.0 Å². The van der Waals surface area contributed by atoms with Gasteiger partial charge in [-0.2, -0.15) is 0 Å². The highest BCUT2D eigenvalue weighted by molar-refractivity contribution is 5.74. The molecule has 0 saturated heterocycles. The molecule has 0 aliphatic rings. The minimum absolute atomic E-state index is 0.438. The number of benzene rings is 6. The first-order chi connectivity index (χ1) is 25.5. The zero-order valence-corrected chi connectivity index (χ0v) is 29.5. The zero-order valence-electron chi connectivity index (χ0n) is 29.5. The Morgan fingerprint density at radius 1 is 0.558 bits per heavy atom. The number of aliphatic hydroxyl groups excluding tert-OH is 2. The quantitative estimate of drug-likeness (QED) is 0.0791. The molecule has 3 N–H and O–H groups in total. The predicted octanol–water partition coefficient (Wildman–Crippen LogP) is 8.36. The van der Waals surface area contributed by atoms with Crippen molar-refractivity contribution in [2.45, 2.75) is 38.1 Å². The number of hydrogen-bond donors (Lipinski definition) is 3. The lowest BCUT2D eigenvalue weighted by Gasteiger charge is -2.28. The molecule has 0 spiro atoms. The third kappa shape index (κ3) is 10.5.